The van der Waals surface area contributed by atoms with E-state index < -0.39 is 0 Å². The van der Waals surface area contributed by atoms with Crippen molar-refractivity contribution in [2.75, 3.05) is 22.9 Å². The fraction of sp³-hybridized carbons (Fsp3) is 0. The maximum atomic E-state index is 5.89. The summed E-state index contributed by atoms with van der Waals surface area (Å²) < 4.78 is 0. The Kier molecular flexibility index (Phi) is 19.8. The van der Waals surface area contributed by atoms with Crippen LogP contribution in [0.15, 0.2) is 36.4 Å². The normalized spacial score (nSPS) is 7.45. The van der Waals surface area contributed by atoms with E-state index in [0.29, 0.717) is 22.7 Å². The zero-order valence-corrected chi connectivity index (χ0v) is 14.7. The van der Waals surface area contributed by atoms with Crippen molar-refractivity contribution in [1.29, 1.82) is 0 Å². The van der Waals surface area contributed by atoms with Gasteiger partial charge in [0.1, 0.15) is 0 Å². The molecule has 0 aromatic heterocycles. The van der Waals surface area contributed by atoms with E-state index in [0.717, 1.165) is 11.1 Å². The minimum atomic E-state index is 0. The van der Waals surface area contributed by atoms with E-state index in [2.05, 4.69) is 0 Å². The topological polar surface area (TPSA) is 167 Å². The van der Waals surface area contributed by atoms with Crippen LogP contribution in [0.1, 0.15) is 0 Å². The Morgan fingerprint density at radius 3 is 1.00 bits per heavy atom. The maximum absolute atomic E-state index is 5.89. The molecule has 0 heterocycles. The van der Waals surface area contributed by atoms with Crippen molar-refractivity contribution in [3.63, 3.8) is 0 Å². The van der Waals surface area contributed by atoms with Crippen LogP contribution in [-0.4, -0.2) is 11.0 Å². The van der Waals surface area contributed by atoms with E-state index in [1.165, 1.54) is 0 Å². The van der Waals surface area contributed by atoms with Crippen molar-refractivity contribution < 1.29 is 11.0 Å². The highest BCUT2D eigenvalue weighted by atomic mass is 35.5. The summed E-state index contributed by atoms with van der Waals surface area (Å²) in [6, 6.07) is 10.7. The minimum Gasteiger partial charge on any atom is -0.412 e. The number of hydrogen-bond donors (Lipinski definition) is 4. The molecule has 12 N–H and O–H groups in total. The van der Waals surface area contributed by atoms with Crippen LogP contribution in [0.3, 0.4) is 0 Å². The van der Waals surface area contributed by atoms with Gasteiger partial charge in [-0.25, -0.2) is 0 Å². The number of nitrogens with two attached hydrogens (primary N) is 4. The zero-order chi connectivity index (χ0) is 11.7. The van der Waals surface area contributed by atoms with Crippen LogP contribution < -0.4 is 22.9 Å². The predicted molar refractivity (Wildman–Crippen MR) is 106 cm³/mol. The molecule has 0 bridgehead atoms. The number of benzene rings is 2. The molecule has 10 heteroatoms. The van der Waals surface area contributed by atoms with Gasteiger partial charge in [0.15, 0.2) is 0 Å². The minimum absolute atomic E-state index is 0. The molecule has 0 fully saturated rings. The summed E-state index contributed by atoms with van der Waals surface area (Å²) in [5, 5.41) is 0. The molecule has 0 unspecified atom stereocenters. The summed E-state index contributed by atoms with van der Waals surface area (Å²) in [4.78, 5) is 0. The van der Waals surface area contributed by atoms with Crippen LogP contribution in [0.5, 0.6) is 0 Å². The Bertz CT molecular complexity index is 509. The predicted octanol–water partition coefficient (Wildman–Crippen LogP) is 1.72. The van der Waals surface area contributed by atoms with Crippen molar-refractivity contribution >= 4 is 72.4 Å². The molecule has 6 nitrogen and oxygen atoms in total. The van der Waals surface area contributed by atoms with Crippen LogP contribution in [-0.2, 0) is 0 Å². The van der Waals surface area contributed by atoms with Gasteiger partial charge in [0.25, 0.3) is 0 Å². The average molecular weight is 396 g/mol. The van der Waals surface area contributed by atoms with Gasteiger partial charge in [-0.05, 0) is 24.3 Å². The Balaban J connectivity index is -0.000000161. The zero-order valence-electron chi connectivity index (χ0n) is 11.4. The number of rotatable bonds is 1. The third-order valence-electron chi connectivity index (χ3n) is 2.44. The first-order chi connectivity index (χ1) is 7.58. The van der Waals surface area contributed by atoms with Gasteiger partial charge >= 0.3 is 0 Å². The molecular formula is C12H22Cl4N4O2. The first-order valence-electron chi connectivity index (χ1n) is 4.88. The van der Waals surface area contributed by atoms with Gasteiger partial charge in [-0.1, -0.05) is 12.1 Å². The van der Waals surface area contributed by atoms with Crippen molar-refractivity contribution in [3.05, 3.63) is 36.4 Å². The summed E-state index contributed by atoms with van der Waals surface area (Å²) in [5.41, 5.74) is 27.3. The van der Waals surface area contributed by atoms with Crippen LogP contribution in [0, 0.1) is 0 Å². The molecule has 0 saturated heterocycles. The van der Waals surface area contributed by atoms with Gasteiger partial charge < -0.3 is 33.9 Å². The van der Waals surface area contributed by atoms with E-state index in [4.69, 9.17) is 22.9 Å². The van der Waals surface area contributed by atoms with Crippen molar-refractivity contribution in [2.24, 2.45) is 0 Å². The van der Waals surface area contributed by atoms with Gasteiger partial charge in [0, 0.05) is 33.9 Å². The van der Waals surface area contributed by atoms with Gasteiger partial charge in [0.05, 0.1) is 0 Å². The molecule has 2 aromatic carbocycles. The number of nitrogen functional groups attached to an aromatic ring is 4. The Morgan fingerprint density at radius 2 is 0.773 bits per heavy atom. The van der Waals surface area contributed by atoms with E-state index >= 15 is 0 Å². The lowest BCUT2D eigenvalue weighted by Gasteiger charge is -2.10. The molecule has 2 rings (SSSR count). The molecule has 130 valence electrons. The molecule has 22 heavy (non-hydrogen) atoms. The van der Waals surface area contributed by atoms with Gasteiger partial charge in [0.2, 0.25) is 0 Å². The van der Waals surface area contributed by atoms with Gasteiger partial charge in [-0.2, -0.15) is 0 Å². The number of halogens is 4. The third-order valence-corrected chi connectivity index (χ3v) is 2.44. The summed E-state index contributed by atoms with van der Waals surface area (Å²) in [6.45, 7) is 0. The van der Waals surface area contributed by atoms with Gasteiger partial charge in [-0.3, -0.25) is 0 Å². The van der Waals surface area contributed by atoms with Crippen molar-refractivity contribution in [2.45, 2.75) is 0 Å². The first kappa shape index (κ1) is 32.6. The molecule has 0 atom stereocenters. The highest BCUT2D eigenvalue weighted by Gasteiger charge is 2.06. The van der Waals surface area contributed by atoms with E-state index in [9.17, 15) is 0 Å². The summed E-state index contributed by atoms with van der Waals surface area (Å²) in [6.07, 6.45) is 0. The lowest BCUT2D eigenvalue weighted by atomic mass is 10.0. The van der Waals surface area contributed by atoms with Crippen LogP contribution in [0.4, 0.5) is 22.7 Å². The Labute approximate surface area is 153 Å². The molecule has 0 spiro atoms. The smallest absolute Gasteiger partial charge is 0.0415 e. The first-order valence-corrected chi connectivity index (χ1v) is 4.88. The highest BCUT2D eigenvalue weighted by Crippen LogP contribution is 2.32. The van der Waals surface area contributed by atoms with E-state index in [1.54, 1.807) is 24.3 Å². The molecule has 0 aliphatic rings. The third kappa shape index (κ3) is 7.13. The van der Waals surface area contributed by atoms with Crippen molar-refractivity contribution in [1.82, 2.24) is 0 Å². The van der Waals surface area contributed by atoms with E-state index in [1.807, 2.05) is 12.1 Å². The fourth-order valence-corrected chi connectivity index (χ4v) is 1.65. The molecular weight excluding hydrogens is 374 g/mol. The lowest BCUT2D eigenvalue weighted by molar-refractivity contribution is 0.823. The summed E-state index contributed by atoms with van der Waals surface area (Å²) in [5.74, 6) is 0. The van der Waals surface area contributed by atoms with Crippen LogP contribution in [0.2, 0.25) is 0 Å². The van der Waals surface area contributed by atoms with Crippen LogP contribution in [0.25, 0.3) is 11.1 Å². The second-order valence-corrected chi connectivity index (χ2v) is 3.69. The quantitative estimate of drug-likeness (QED) is 0.539. The molecule has 0 saturated carbocycles. The van der Waals surface area contributed by atoms with Crippen molar-refractivity contribution in [3.8, 4) is 11.1 Å². The lowest BCUT2D eigenvalue weighted by Crippen LogP contribution is -1.97. The maximum Gasteiger partial charge on any atom is 0.0415 e. The number of hydrogen-bond acceptors (Lipinski definition) is 4. The van der Waals surface area contributed by atoms with E-state index in [-0.39, 0.29) is 60.6 Å². The molecule has 0 aliphatic heterocycles. The Hall–Kier alpha value is -1.28. The highest BCUT2D eigenvalue weighted by molar-refractivity contribution is 5.87. The largest absolute Gasteiger partial charge is 0.412 e. The molecule has 0 aliphatic carbocycles. The average Bonchev–Trinajstić information content (AvgIpc) is 2.19. The number of anilines is 4. The molecule has 0 amide bonds. The fourth-order valence-electron chi connectivity index (χ4n) is 1.65. The molecule has 0 radical (unpaired) electrons. The monoisotopic (exact) mass is 394 g/mol. The SMILES string of the molecule is Cl.Cl.Cl.Cl.Nc1ccc(-c2ccc(N)cc2N)c(N)c1.O.O. The van der Waals surface area contributed by atoms with Crippen LogP contribution >= 0.6 is 49.6 Å². The van der Waals surface area contributed by atoms with Gasteiger partial charge in [-0.15, -0.1) is 49.6 Å². The summed E-state index contributed by atoms with van der Waals surface area (Å²) in [7, 11) is 0. The standard InChI is InChI=1S/C12H14N4.4ClH.2H2O/c13-7-1-3-9(11(15)5-7)10-4-2-8(14)6-12(10)16;;;;;;/h1-6H,13-16H2;4*1H;2*1H2. The molecule has 2 aromatic rings. The Morgan fingerprint density at radius 1 is 0.500 bits per heavy atom. The summed E-state index contributed by atoms with van der Waals surface area (Å²) >= 11 is 0. The second-order valence-electron chi connectivity index (χ2n) is 3.69. The second kappa shape index (κ2) is 13.4.